The molecule has 0 spiro atoms. The summed E-state index contributed by atoms with van der Waals surface area (Å²) in [7, 11) is 0. The van der Waals surface area contributed by atoms with E-state index in [9.17, 15) is 4.79 Å². The topological polar surface area (TPSA) is 35.5 Å². The molecule has 0 saturated heterocycles. The summed E-state index contributed by atoms with van der Waals surface area (Å²) in [6, 6.07) is 0. The number of allylic oxidation sites excluding steroid dienone is 2. The van der Waals surface area contributed by atoms with E-state index in [0.29, 0.717) is 5.92 Å². The van der Waals surface area contributed by atoms with Crippen LogP contribution in [0.25, 0.3) is 0 Å². The molecule has 0 heterocycles. The third-order valence-electron chi connectivity index (χ3n) is 4.58. The minimum absolute atomic E-state index is 0.0121. The maximum Gasteiger partial charge on any atom is 0.309 e. The average molecular weight is 280 g/mol. The molecule has 2 aliphatic rings. The van der Waals surface area contributed by atoms with E-state index in [-0.39, 0.29) is 29.5 Å². The van der Waals surface area contributed by atoms with Gasteiger partial charge >= 0.3 is 5.97 Å². The Labute approximate surface area is 122 Å². The zero-order valence-corrected chi connectivity index (χ0v) is 13.2. The molecule has 1 fully saturated rings. The van der Waals surface area contributed by atoms with Crippen molar-refractivity contribution in [3.05, 3.63) is 12.2 Å². The van der Waals surface area contributed by atoms with Crippen molar-refractivity contribution in [2.24, 2.45) is 17.3 Å². The van der Waals surface area contributed by atoms with Gasteiger partial charge in [-0.2, -0.15) is 0 Å². The van der Waals surface area contributed by atoms with E-state index in [2.05, 4.69) is 39.8 Å². The predicted molar refractivity (Wildman–Crippen MR) is 79.3 cm³/mol. The third kappa shape index (κ3) is 3.43. The smallest absolute Gasteiger partial charge is 0.309 e. The van der Waals surface area contributed by atoms with Gasteiger partial charge in [0.2, 0.25) is 0 Å². The second kappa shape index (κ2) is 6.30. The summed E-state index contributed by atoms with van der Waals surface area (Å²) in [5, 5.41) is 0. The van der Waals surface area contributed by atoms with E-state index in [1.807, 2.05) is 0 Å². The molecule has 0 aromatic heterocycles. The lowest BCUT2D eigenvalue weighted by Gasteiger charge is -2.50. The molecular weight excluding hydrogens is 252 g/mol. The SMILES string of the molecule is CC(C)CO[C@@H]1C[C@@H](OC(=O)[C@@H]2CC=CCC2)C1(C)C. The first kappa shape index (κ1) is 15.6. The molecule has 2 rings (SSSR count). The molecule has 3 nitrogen and oxygen atoms in total. The Morgan fingerprint density at radius 3 is 2.60 bits per heavy atom. The molecule has 0 unspecified atom stereocenters. The van der Waals surface area contributed by atoms with Gasteiger partial charge < -0.3 is 9.47 Å². The Morgan fingerprint density at radius 1 is 1.30 bits per heavy atom. The van der Waals surface area contributed by atoms with Crippen LogP contribution in [0.2, 0.25) is 0 Å². The highest BCUT2D eigenvalue weighted by molar-refractivity contribution is 5.73. The number of rotatable bonds is 5. The van der Waals surface area contributed by atoms with Gasteiger partial charge in [0.15, 0.2) is 0 Å². The van der Waals surface area contributed by atoms with E-state index in [1.54, 1.807) is 0 Å². The normalized spacial score (nSPS) is 31.9. The summed E-state index contributed by atoms with van der Waals surface area (Å²) < 4.78 is 11.6. The van der Waals surface area contributed by atoms with Crippen LogP contribution in [0.3, 0.4) is 0 Å². The van der Waals surface area contributed by atoms with Gasteiger partial charge in [0.1, 0.15) is 6.10 Å². The van der Waals surface area contributed by atoms with Crippen LogP contribution in [-0.2, 0) is 14.3 Å². The number of esters is 1. The summed E-state index contributed by atoms with van der Waals surface area (Å²) >= 11 is 0. The first-order valence-corrected chi connectivity index (χ1v) is 7.88. The first-order valence-electron chi connectivity index (χ1n) is 7.88. The maximum absolute atomic E-state index is 12.2. The zero-order chi connectivity index (χ0) is 14.8. The van der Waals surface area contributed by atoms with Crippen molar-refractivity contribution < 1.29 is 14.3 Å². The summed E-state index contributed by atoms with van der Waals surface area (Å²) in [5.74, 6) is 0.586. The van der Waals surface area contributed by atoms with Gasteiger partial charge in [0.05, 0.1) is 12.0 Å². The number of carbonyl (C=O) groups is 1. The first-order chi connectivity index (χ1) is 9.41. The Balaban J connectivity index is 1.80. The summed E-state index contributed by atoms with van der Waals surface area (Å²) in [6.07, 6.45) is 8.06. The van der Waals surface area contributed by atoms with Crippen molar-refractivity contribution in [1.29, 1.82) is 0 Å². The number of ether oxygens (including phenoxy) is 2. The minimum Gasteiger partial charge on any atom is -0.461 e. The van der Waals surface area contributed by atoms with E-state index >= 15 is 0 Å². The molecule has 1 saturated carbocycles. The molecule has 114 valence electrons. The van der Waals surface area contributed by atoms with Crippen LogP contribution < -0.4 is 0 Å². The Morgan fingerprint density at radius 2 is 2.05 bits per heavy atom. The fraction of sp³-hybridized carbons (Fsp3) is 0.824. The molecule has 3 heteroatoms. The molecule has 0 aromatic rings. The zero-order valence-electron chi connectivity index (χ0n) is 13.2. The van der Waals surface area contributed by atoms with Crippen molar-refractivity contribution in [1.82, 2.24) is 0 Å². The highest BCUT2D eigenvalue weighted by Gasteiger charge is 2.51. The molecule has 2 aliphatic carbocycles. The fourth-order valence-electron chi connectivity index (χ4n) is 2.88. The molecule has 0 amide bonds. The lowest BCUT2D eigenvalue weighted by Crippen LogP contribution is -2.57. The minimum atomic E-state index is -0.0605. The quantitative estimate of drug-likeness (QED) is 0.568. The average Bonchev–Trinajstić information content (AvgIpc) is 2.42. The van der Waals surface area contributed by atoms with Crippen LogP contribution >= 0.6 is 0 Å². The Bertz CT molecular complexity index is 370. The second-order valence-corrected chi connectivity index (χ2v) is 7.18. The van der Waals surface area contributed by atoms with Crippen molar-refractivity contribution in [3.63, 3.8) is 0 Å². The largest absolute Gasteiger partial charge is 0.461 e. The van der Waals surface area contributed by atoms with Crippen LogP contribution in [0.15, 0.2) is 12.2 Å². The van der Waals surface area contributed by atoms with Gasteiger partial charge in [-0.25, -0.2) is 0 Å². The summed E-state index contributed by atoms with van der Waals surface area (Å²) in [5.41, 5.74) is -0.0605. The van der Waals surface area contributed by atoms with Gasteiger partial charge in [0.25, 0.3) is 0 Å². The molecular formula is C17H28O3. The molecule has 0 bridgehead atoms. The van der Waals surface area contributed by atoms with Crippen LogP contribution in [0.5, 0.6) is 0 Å². The predicted octanol–water partition coefficient (Wildman–Crippen LogP) is 3.73. The van der Waals surface area contributed by atoms with Crippen molar-refractivity contribution in [3.8, 4) is 0 Å². The van der Waals surface area contributed by atoms with Gasteiger partial charge in [-0.3, -0.25) is 4.79 Å². The van der Waals surface area contributed by atoms with Gasteiger partial charge in [-0.15, -0.1) is 0 Å². The lowest BCUT2D eigenvalue weighted by atomic mass is 9.66. The highest BCUT2D eigenvalue weighted by atomic mass is 16.6. The molecule has 0 N–H and O–H groups in total. The van der Waals surface area contributed by atoms with Crippen molar-refractivity contribution >= 4 is 5.97 Å². The Hall–Kier alpha value is -0.830. The second-order valence-electron chi connectivity index (χ2n) is 7.18. The molecule has 0 radical (unpaired) electrons. The standard InChI is InChI=1S/C17H28O3/c1-12(2)11-19-14-10-15(17(14,3)4)20-16(18)13-8-6-5-7-9-13/h5-6,12-15H,7-11H2,1-4H3/t13-,14-,15-/m1/s1. The van der Waals surface area contributed by atoms with Gasteiger partial charge in [-0.1, -0.05) is 39.8 Å². The summed E-state index contributed by atoms with van der Waals surface area (Å²) in [6.45, 7) is 9.36. The van der Waals surface area contributed by atoms with Gasteiger partial charge in [0, 0.05) is 18.4 Å². The van der Waals surface area contributed by atoms with E-state index in [4.69, 9.17) is 9.47 Å². The number of hydrogen-bond acceptors (Lipinski definition) is 3. The van der Waals surface area contributed by atoms with Gasteiger partial charge in [-0.05, 0) is 25.2 Å². The molecule has 20 heavy (non-hydrogen) atoms. The van der Waals surface area contributed by atoms with E-state index < -0.39 is 0 Å². The maximum atomic E-state index is 12.2. The van der Waals surface area contributed by atoms with Crippen LogP contribution in [0.4, 0.5) is 0 Å². The third-order valence-corrected chi connectivity index (χ3v) is 4.58. The number of carbonyl (C=O) groups excluding carboxylic acids is 1. The molecule has 0 aromatic carbocycles. The molecule has 3 atom stereocenters. The van der Waals surface area contributed by atoms with E-state index in [1.165, 1.54) is 0 Å². The van der Waals surface area contributed by atoms with Crippen molar-refractivity contribution in [2.45, 2.75) is 65.6 Å². The van der Waals surface area contributed by atoms with Crippen molar-refractivity contribution in [2.75, 3.05) is 6.61 Å². The number of hydrogen-bond donors (Lipinski definition) is 0. The lowest BCUT2D eigenvalue weighted by molar-refractivity contribution is -0.208. The summed E-state index contributed by atoms with van der Waals surface area (Å²) in [4.78, 5) is 12.2. The van der Waals surface area contributed by atoms with Crippen LogP contribution in [0, 0.1) is 17.3 Å². The van der Waals surface area contributed by atoms with Crippen LogP contribution in [-0.4, -0.2) is 24.8 Å². The highest BCUT2D eigenvalue weighted by Crippen LogP contribution is 2.45. The molecule has 0 aliphatic heterocycles. The monoisotopic (exact) mass is 280 g/mol. The fourth-order valence-corrected chi connectivity index (χ4v) is 2.88. The van der Waals surface area contributed by atoms with E-state index in [0.717, 1.165) is 32.3 Å². The van der Waals surface area contributed by atoms with Crippen LogP contribution in [0.1, 0.15) is 53.4 Å². The Kier molecular flexibility index (Phi) is 4.90.